The van der Waals surface area contributed by atoms with E-state index in [9.17, 15) is 0 Å². The van der Waals surface area contributed by atoms with Gasteiger partial charge in [-0.05, 0) is 61.8 Å². The Labute approximate surface area is 116 Å². The van der Waals surface area contributed by atoms with Crippen molar-refractivity contribution >= 4 is 0 Å². The fourth-order valence-corrected chi connectivity index (χ4v) is 2.76. The van der Waals surface area contributed by atoms with Gasteiger partial charge in [0.15, 0.2) is 0 Å². The highest BCUT2D eigenvalue weighted by atomic mass is 16.5. The van der Waals surface area contributed by atoms with E-state index in [0.29, 0.717) is 12.1 Å². The Hall–Kier alpha value is -1.02. The number of hydrogen-bond donors (Lipinski definition) is 1. The van der Waals surface area contributed by atoms with E-state index in [4.69, 9.17) is 4.74 Å². The lowest BCUT2D eigenvalue weighted by molar-refractivity contribution is 0.303. The first-order valence-corrected chi connectivity index (χ1v) is 7.78. The first-order valence-electron chi connectivity index (χ1n) is 7.78. The summed E-state index contributed by atoms with van der Waals surface area (Å²) < 4.78 is 5.82. The van der Waals surface area contributed by atoms with Crippen molar-refractivity contribution in [2.45, 2.75) is 51.7 Å². The summed E-state index contributed by atoms with van der Waals surface area (Å²) in [7, 11) is 0. The van der Waals surface area contributed by atoms with E-state index in [2.05, 4.69) is 43.4 Å². The molecule has 0 radical (unpaired) electrons. The van der Waals surface area contributed by atoms with E-state index in [1.54, 1.807) is 0 Å². The molecular weight excluding hydrogens is 234 g/mol. The van der Waals surface area contributed by atoms with Gasteiger partial charge < -0.3 is 10.1 Å². The fraction of sp³-hybridized carbons (Fsp3) is 0.647. The van der Waals surface area contributed by atoms with Crippen LogP contribution < -0.4 is 10.1 Å². The van der Waals surface area contributed by atoms with Gasteiger partial charge >= 0.3 is 0 Å². The lowest BCUT2D eigenvalue weighted by Crippen LogP contribution is -2.24. The van der Waals surface area contributed by atoms with Crippen LogP contribution in [0.15, 0.2) is 24.3 Å². The molecule has 104 valence electrons. The van der Waals surface area contributed by atoms with Crippen LogP contribution in [0.25, 0.3) is 0 Å². The molecule has 0 bridgehead atoms. The second-order valence-electron chi connectivity index (χ2n) is 6.19. The summed E-state index contributed by atoms with van der Waals surface area (Å²) in [4.78, 5) is 0. The quantitative estimate of drug-likeness (QED) is 0.801. The van der Waals surface area contributed by atoms with Crippen LogP contribution in [0, 0.1) is 11.8 Å². The minimum absolute atomic E-state index is 0.489. The molecule has 0 aromatic heterocycles. The second kappa shape index (κ2) is 5.54. The molecule has 3 unspecified atom stereocenters. The molecule has 0 aliphatic heterocycles. The van der Waals surface area contributed by atoms with Crippen molar-refractivity contribution in [3.8, 4) is 5.75 Å². The van der Waals surface area contributed by atoms with Crippen molar-refractivity contribution < 1.29 is 4.74 Å². The van der Waals surface area contributed by atoms with Gasteiger partial charge in [-0.2, -0.15) is 0 Å². The number of hydrogen-bond acceptors (Lipinski definition) is 2. The standard InChI is InChI=1S/C17H25NO/c1-3-10-18-17(16-11-12(16)2)13-4-6-14(7-5-13)19-15-8-9-15/h4-7,12,15-18H,3,8-11H2,1-2H3. The number of benzene rings is 1. The smallest absolute Gasteiger partial charge is 0.119 e. The maximum atomic E-state index is 5.82. The van der Waals surface area contributed by atoms with E-state index < -0.39 is 0 Å². The summed E-state index contributed by atoms with van der Waals surface area (Å²) in [6, 6.07) is 9.30. The summed E-state index contributed by atoms with van der Waals surface area (Å²) in [5.41, 5.74) is 1.42. The Balaban J connectivity index is 1.66. The highest BCUT2D eigenvalue weighted by Gasteiger charge is 2.39. The molecule has 0 saturated heterocycles. The molecule has 1 aromatic carbocycles. The predicted octanol–water partition coefficient (Wildman–Crippen LogP) is 3.92. The molecule has 1 aromatic rings. The Bertz CT molecular complexity index is 410. The molecule has 2 aliphatic rings. The minimum Gasteiger partial charge on any atom is -0.490 e. The van der Waals surface area contributed by atoms with E-state index in [0.717, 1.165) is 24.1 Å². The van der Waals surface area contributed by atoms with Gasteiger partial charge in [0.25, 0.3) is 0 Å². The molecule has 3 atom stereocenters. The second-order valence-corrected chi connectivity index (χ2v) is 6.19. The molecule has 1 N–H and O–H groups in total. The average Bonchev–Trinajstić information content (AvgIpc) is 3.32. The summed E-state index contributed by atoms with van der Waals surface area (Å²) in [6.07, 6.45) is 5.50. The fourth-order valence-electron chi connectivity index (χ4n) is 2.76. The Morgan fingerprint density at radius 3 is 2.47 bits per heavy atom. The van der Waals surface area contributed by atoms with Crippen LogP contribution in [0.2, 0.25) is 0 Å². The maximum Gasteiger partial charge on any atom is 0.119 e. The van der Waals surface area contributed by atoms with Crippen LogP contribution >= 0.6 is 0 Å². The summed E-state index contributed by atoms with van der Waals surface area (Å²) in [5, 5.41) is 3.71. The molecule has 3 rings (SSSR count). The van der Waals surface area contributed by atoms with Crippen molar-refractivity contribution in [1.29, 1.82) is 0 Å². The number of rotatable bonds is 7. The molecule has 0 spiro atoms. The van der Waals surface area contributed by atoms with E-state index in [1.807, 2.05) is 0 Å². The lowest BCUT2D eigenvalue weighted by Gasteiger charge is -2.19. The maximum absolute atomic E-state index is 5.82. The molecule has 2 nitrogen and oxygen atoms in total. The molecule has 2 heteroatoms. The summed E-state index contributed by atoms with van der Waals surface area (Å²) >= 11 is 0. The van der Waals surface area contributed by atoms with Crippen molar-refractivity contribution in [3.05, 3.63) is 29.8 Å². The van der Waals surface area contributed by atoms with Crippen molar-refractivity contribution in [2.24, 2.45) is 11.8 Å². The third-order valence-electron chi connectivity index (χ3n) is 4.28. The third-order valence-corrected chi connectivity index (χ3v) is 4.28. The van der Waals surface area contributed by atoms with Crippen molar-refractivity contribution in [1.82, 2.24) is 5.32 Å². The first kappa shape index (κ1) is 13.0. The zero-order valence-corrected chi connectivity index (χ0v) is 12.1. The van der Waals surface area contributed by atoms with Gasteiger partial charge in [-0.25, -0.2) is 0 Å². The van der Waals surface area contributed by atoms with Crippen LogP contribution in [0.4, 0.5) is 0 Å². The van der Waals surface area contributed by atoms with Crippen LogP contribution in [0.1, 0.15) is 51.1 Å². The van der Waals surface area contributed by atoms with Crippen molar-refractivity contribution in [3.63, 3.8) is 0 Å². The monoisotopic (exact) mass is 259 g/mol. The molecule has 2 fully saturated rings. The van der Waals surface area contributed by atoms with E-state index >= 15 is 0 Å². The van der Waals surface area contributed by atoms with Gasteiger partial charge in [0.1, 0.15) is 5.75 Å². The average molecular weight is 259 g/mol. The number of ether oxygens (including phenoxy) is 1. The predicted molar refractivity (Wildman–Crippen MR) is 78.4 cm³/mol. The van der Waals surface area contributed by atoms with Gasteiger partial charge in [0.2, 0.25) is 0 Å². The van der Waals surface area contributed by atoms with Crippen LogP contribution in [-0.2, 0) is 0 Å². The van der Waals surface area contributed by atoms with Gasteiger partial charge in [0.05, 0.1) is 6.10 Å². The van der Waals surface area contributed by atoms with Gasteiger partial charge in [0, 0.05) is 6.04 Å². The van der Waals surface area contributed by atoms with Gasteiger partial charge in [-0.1, -0.05) is 26.0 Å². The SMILES string of the molecule is CCCNC(c1ccc(OC2CC2)cc1)C1CC1C. The highest BCUT2D eigenvalue weighted by Crippen LogP contribution is 2.47. The Kier molecular flexibility index (Phi) is 3.79. The topological polar surface area (TPSA) is 21.3 Å². The lowest BCUT2D eigenvalue weighted by atomic mass is 10.0. The molecule has 0 amide bonds. The third kappa shape index (κ3) is 3.30. The molecule has 19 heavy (non-hydrogen) atoms. The van der Waals surface area contributed by atoms with Gasteiger partial charge in [-0.3, -0.25) is 0 Å². The summed E-state index contributed by atoms with van der Waals surface area (Å²) in [5.74, 6) is 2.72. The molecular formula is C17H25NO. The van der Waals surface area contributed by atoms with Crippen LogP contribution in [0.3, 0.4) is 0 Å². The number of nitrogens with one attached hydrogen (secondary N) is 1. The van der Waals surface area contributed by atoms with Crippen LogP contribution in [-0.4, -0.2) is 12.6 Å². The highest BCUT2D eigenvalue weighted by molar-refractivity contribution is 5.30. The van der Waals surface area contributed by atoms with E-state index in [1.165, 1.54) is 31.2 Å². The summed E-state index contributed by atoms with van der Waals surface area (Å²) in [6.45, 7) is 5.69. The first-order chi connectivity index (χ1) is 9.28. The molecule has 2 aliphatic carbocycles. The molecule has 2 saturated carbocycles. The minimum atomic E-state index is 0.489. The van der Waals surface area contributed by atoms with E-state index in [-0.39, 0.29) is 0 Å². The Morgan fingerprint density at radius 2 is 1.95 bits per heavy atom. The zero-order valence-electron chi connectivity index (χ0n) is 12.1. The van der Waals surface area contributed by atoms with Gasteiger partial charge in [-0.15, -0.1) is 0 Å². The largest absolute Gasteiger partial charge is 0.490 e. The zero-order chi connectivity index (χ0) is 13.2. The van der Waals surface area contributed by atoms with Crippen molar-refractivity contribution in [2.75, 3.05) is 6.54 Å². The Morgan fingerprint density at radius 1 is 1.26 bits per heavy atom. The normalized spacial score (nSPS) is 27.1. The molecule has 0 heterocycles. The van der Waals surface area contributed by atoms with Crippen LogP contribution in [0.5, 0.6) is 5.75 Å².